The predicted molar refractivity (Wildman–Crippen MR) is 67.7 cm³/mol. The van der Waals surface area contributed by atoms with Crippen LogP contribution in [-0.2, 0) is 6.54 Å². The quantitative estimate of drug-likeness (QED) is 0.859. The molecule has 0 atom stereocenters. The molecule has 0 saturated carbocycles. The van der Waals surface area contributed by atoms with Crippen LogP contribution in [0, 0.1) is 0 Å². The van der Waals surface area contributed by atoms with E-state index in [9.17, 15) is 0 Å². The van der Waals surface area contributed by atoms with Crippen molar-refractivity contribution < 1.29 is 0 Å². The van der Waals surface area contributed by atoms with Crippen LogP contribution in [0.2, 0.25) is 9.36 Å². The van der Waals surface area contributed by atoms with E-state index in [1.165, 1.54) is 0 Å². The first kappa shape index (κ1) is 11.0. The number of halogens is 2. The van der Waals surface area contributed by atoms with Gasteiger partial charge in [0.1, 0.15) is 0 Å². The third kappa shape index (κ3) is 2.34. The van der Waals surface area contributed by atoms with Gasteiger partial charge in [-0.25, -0.2) is 0 Å². The van der Waals surface area contributed by atoms with E-state index < -0.39 is 0 Å². The van der Waals surface area contributed by atoms with Gasteiger partial charge in [0.25, 0.3) is 0 Å². The summed E-state index contributed by atoms with van der Waals surface area (Å²) < 4.78 is 0.786. The Hall–Kier alpha value is -0.540. The highest BCUT2D eigenvalue weighted by molar-refractivity contribution is 7.19. The Morgan fingerprint density at radius 3 is 2.53 bits per heavy atom. The van der Waals surface area contributed by atoms with Crippen LogP contribution in [0.25, 0.3) is 10.4 Å². The van der Waals surface area contributed by atoms with Crippen LogP contribution in [0.15, 0.2) is 30.3 Å². The summed E-state index contributed by atoms with van der Waals surface area (Å²) in [7, 11) is 0. The normalized spacial score (nSPS) is 10.6. The van der Waals surface area contributed by atoms with Gasteiger partial charge in [0.05, 0.1) is 4.34 Å². The molecule has 0 spiro atoms. The fraction of sp³-hybridized carbons (Fsp3) is 0.0909. The first-order valence-electron chi connectivity index (χ1n) is 4.45. The lowest BCUT2D eigenvalue weighted by Gasteiger charge is -2.03. The van der Waals surface area contributed by atoms with E-state index in [-0.39, 0.29) is 0 Å². The van der Waals surface area contributed by atoms with E-state index >= 15 is 0 Å². The first-order valence-corrected chi connectivity index (χ1v) is 6.02. The lowest BCUT2D eigenvalue weighted by Crippen LogP contribution is -1.97. The molecule has 1 aromatic carbocycles. The Morgan fingerprint density at radius 1 is 1.13 bits per heavy atom. The van der Waals surface area contributed by atoms with E-state index in [1.54, 1.807) is 11.3 Å². The average Bonchev–Trinajstić information content (AvgIpc) is 2.66. The summed E-state index contributed by atoms with van der Waals surface area (Å²) in [5.41, 5.74) is 7.66. The standard InChI is InChI=1S/C11H9Cl2NS/c12-9-2-1-7(5-8(9)6-14)10-3-4-11(13)15-10/h1-5H,6,14H2. The number of benzene rings is 1. The van der Waals surface area contributed by atoms with Crippen molar-refractivity contribution in [2.45, 2.75) is 6.54 Å². The highest BCUT2D eigenvalue weighted by Gasteiger charge is 2.04. The molecule has 15 heavy (non-hydrogen) atoms. The summed E-state index contributed by atoms with van der Waals surface area (Å²) in [6.45, 7) is 0.450. The molecule has 2 N–H and O–H groups in total. The number of rotatable bonds is 2. The van der Waals surface area contributed by atoms with E-state index in [0.717, 1.165) is 20.3 Å². The van der Waals surface area contributed by atoms with Crippen LogP contribution in [0.1, 0.15) is 5.56 Å². The molecular formula is C11H9Cl2NS. The highest BCUT2D eigenvalue weighted by atomic mass is 35.5. The van der Waals surface area contributed by atoms with Gasteiger partial charge in [0, 0.05) is 16.4 Å². The van der Waals surface area contributed by atoms with Gasteiger partial charge in [-0.1, -0.05) is 29.3 Å². The molecule has 0 amide bonds. The minimum absolute atomic E-state index is 0.450. The maximum absolute atomic E-state index is 5.99. The maximum Gasteiger partial charge on any atom is 0.0934 e. The molecule has 0 fully saturated rings. The molecule has 0 aliphatic carbocycles. The topological polar surface area (TPSA) is 26.0 Å². The Kier molecular flexibility index (Phi) is 3.32. The summed E-state index contributed by atoms with van der Waals surface area (Å²) in [6, 6.07) is 9.73. The van der Waals surface area contributed by atoms with Crippen molar-refractivity contribution in [3.05, 3.63) is 45.3 Å². The Labute approximate surface area is 102 Å². The van der Waals surface area contributed by atoms with Gasteiger partial charge in [-0.2, -0.15) is 0 Å². The van der Waals surface area contributed by atoms with Gasteiger partial charge < -0.3 is 5.73 Å². The summed E-state index contributed by atoms with van der Waals surface area (Å²) in [4.78, 5) is 1.13. The number of hydrogen-bond acceptors (Lipinski definition) is 2. The monoisotopic (exact) mass is 257 g/mol. The zero-order valence-corrected chi connectivity index (χ0v) is 10.2. The van der Waals surface area contributed by atoms with Crippen LogP contribution < -0.4 is 5.73 Å². The van der Waals surface area contributed by atoms with Crippen molar-refractivity contribution in [3.8, 4) is 10.4 Å². The van der Waals surface area contributed by atoms with Gasteiger partial charge in [0.15, 0.2) is 0 Å². The lowest BCUT2D eigenvalue weighted by atomic mass is 10.1. The Balaban J connectivity index is 2.45. The van der Waals surface area contributed by atoms with Crippen LogP contribution in [-0.4, -0.2) is 0 Å². The minimum atomic E-state index is 0.450. The number of hydrogen-bond donors (Lipinski definition) is 1. The van der Waals surface area contributed by atoms with Crippen molar-refractivity contribution >= 4 is 34.5 Å². The number of nitrogens with two attached hydrogens (primary N) is 1. The Bertz CT molecular complexity index is 479. The zero-order chi connectivity index (χ0) is 10.8. The lowest BCUT2D eigenvalue weighted by molar-refractivity contribution is 1.07. The third-order valence-electron chi connectivity index (χ3n) is 2.12. The van der Waals surface area contributed by atoms with Crippen LogP contribution >= 0.6 is 34.5 Å². The largest absolute Gasteiger partial charge is 0.326 e. The molecule has 1 aromatic heterocycles. The first-order chi connectivity index (χ1) is 7.20. The minimum Gasteiger partial charge on any atom is -0.326 e. The predicted octanol–water partition coefficient (Wildman–Crippen LogP) is 4.18. The molecule has 2 rings (SSSR count). The van der Waals surface area contributed by atoms with Crippen LogP contribution in [0.4, 0.5) is 0 Å². The molecule has 0 radical (unpaired) electrons. The zero-order valence-electron chi connectivity index (χ0n) is 7.84. The summed E-state index contributed by atoms with van der Waals surface area (Å²) in [5, 5.41) is 0.712. The summed E-state index contributed by atoms with van der Waals surface area (Å²) >= 11 is 13.4. The van der Waals surface area contributed by atoms with Gasteiger partial charge in [0.2, 0.25) is 0 Å². The van der Waals surface area contributed by atoms with Crippen LogP contribution in [0.5, 0.6) is 0 Å². The molecule has 4 heteroatoms. The molecule has 0 saturated heterocycles. The molecule has 0 bridgehead atoms. The van der Waals surface area contributed by atoms with Gasteiger partial charge in [-0.3, -0.25) is 0 Å². The second-order valence-corrected chi connectivity index (χ2v) is 5.24. The van der Waals surface area contributed by atoms with Crippen LogP contribution in [0.3, 0.4) is 0 Å². The van der Waals surface area contributed by atoms with Crippen molar-refractivity contribution in [1.29, 1.82) is 0 Å². The van der Waals surface area contributed by atoms with Gasteiger partial charge in [-0.05, 0) is 35.4 Å². The molecule has 1 nitrogen and oxygen atoms in total. The molecule has 2 aromatic rings. The van der Waals surface area contributed by atoms with Gasteiger partial charge in [-0.15, -0.1) is 11.3 Å². The van der Waals surface area contributed by atoms with E-state index in [1.807, 2.05) is 30.3 Å². The maximum atomic E-state index is 5.99. The molecular weight excluding hydrogens is 249 g/mol. The fourth-order valence-corrected chi connectivity index (χ4v) is 2.59. The van der Waals surface area contributed by atoms with Crippen molar-refractivity contribution in [1.82, 2.24) is 0 Å². The second kappa shape index (κ2) is 4.54. The molecule has 0 aliphatic rings. The number of thiophene rings is 1. The van der Waals surface area contributed by atoms with Crippen molar-refractivity contribution in [2.24, 2.45) is 5.73 Å². The SMILES string of the molecule is NCc1cc(-c2ccc(Cl)s2)ccc1Cl. The van der Waals surface area contributed by atoms with E-state index in [2.05, 4.69) is 0 Å². The van der Waals surface area contributed by atoms with Gasteiger partial charge >= 0.3 is 0 Å². The van der Waals surface area contributed by atoms with E-state index in [0.29, 0.717) is 11.6 Å². The van der Waals surface area contributed by atoms with Crippen molar-refractivity contribution in [2.75, 3.05) is 0 Å². The molecule has 0 unspecified atom stereocenters. The molecule has 78 valence electrons. The Morgan fingerprint density at radius 2 is 1.93 bits per heavy atom. The molecule has 0 aliphatic heterocycles. The fourth-order valence-electron chi connectivity index (χ4n) is 1.35. The van der Waals surface area contributed by atoms with E-state index in [4.69, 9.17) is 28.9 Å². The molecule has 1 heterocycles. The highest BCUT2D eigenvalue weighted by Crippen LogP contribution is 2.32. The smallest absolute Gasteiger partial charge is 0.0934 e. The summed E-state index contributed by atoms with van der Waals surface area (Å²) in [6.07, 6.45) is 0. The summed E-state index contributed by atoms with van der Waals surface area (Å²) in [5.74, 6) is 0. The third-order valence-corrected chi connectivity index (χ3v) is 3.77. The average molecular weight is 258 g/mol. The van der Waals surface area contributed by atoms with Crippen molar-refractivity contribution in [3.63, 3.8) is 0 Å². The second-order valence-electron chi connectivity index (χ2n) is 3.11.